The van der Waals surface area contributed by atoms with E-state index in [1.165, 1.54) is 0 Å². The van der Waals surface area contributed by atoms with Crippen LogP contribution in [-0.2, 0) is 19.1 Å². The van der Waals surface area contributed by atoms with Crippen LogP contribution >= 0.6 is 0 Å². The van der Waals surface area contributed by atoms with E-state index in [4.69, 9.17) is 10.5 Å². The maximum Gasteiger partial charge on any atom is 0.336 e. The van der Waals surface area contributed by atoms with Crippen LogP contribution in [0.2, 0.25) is 0 Å². The molecule has 0 fully saturated rings. The summed E-state index contributed by atoms with van der Waals surface area (Å²) >= 11 is 0. The van der Waals surface area contributed by atoms with E-state index in [0.29, 0.717) is 54.8 Å². The third-order valence-corrected chi connectivity index (χ3v) is 5.91. The molecule has 0 bridgehead atoms. The number of methoxy groups -OCH3 is 1. The van der Waals surface area contributed by atoms with Crippen molar-refractivity contribution in [3.05, 3.63) is 58.7 Å². The standard InChI is InChI=1S/C25H34FNO3.C3H9NO/c1-7-11-12-16(19(26)8-2)17-13-18-21(14-25(5,6)15-22(18)28)27-20(9-3)23(17)24(29)30-10-4;1-5-3-2-4/h8,11-12,17,27H,2,7,9-10,13-15H2,1,3-6H3;2-4H2,1H3/b12-11-,19-16-;. The number of carbonyl (C=O) groups excluding carboxylic acids is 2. The summed E-state index contributed by atoms with van der Waals surface area (Å²) in [5.41, 5.74) is 7.78. The van der Waals surface area contributed by atoms with Crippen LogP contribution in [0.4, 0.5) is 4.39 Å². The Kier molecular flexibility index (Phi) is 12.9. The molecule has 0 spiro atoms. The van der Waals surface area contributed by atoms with Gasteiger partial charge in [0.05, 0.1) is 18.8 Å². The molecule has 0 aromatic rings. The SMILES string of the molecule is C=C/C(F)=C(\C=C/CC)C1CC2=C(CC(C)(C)CC2=O)NC(CC)=C1C(=O)OCC.COCCN. The molecular formula is C28H43FN2O4. The first-order chi connectivity index (χ1) is 16.6. The van der Waals surface area contributed by atoms with Crippen LogP contribution in [0.25, 0.3) is 0 Å². The van der Waals surface area contributed by atoms with Gasteiger partial charge in [0, 0.05) is 43.0 Å². The molecule has 2 rings (SSSR count). The summed E-state index contributed by atoms with van der Waals surface area (Å²) in [5.74, 6) is -1.53. The molecule has 0 amide bonds. The van der Waals surface area contributed by atoms with Crippen molar-refractivity contribution in [2.75, 3.05) is 26.9 Å². The van der Waals surface area contributed by atoms with E-state index >= 15 is 0 Å². The number of ether oxygens (including phenoxy) is 2. The average Bonchev–Trinajstić information content (AvgIpc) is 2.96. The first-order valence-electron chi connectivity index (χ1n) is 12.4. The van der Waals surface area contributed by atoms with Gasteiger partial charge in [-0.1, -0.05) is 46.4 Å². The average molecular weight is 491 g/mol. The van der Waals surface area contributed by atoms with Crippen LogP contribution in [0, 0.1) is 11.3 Å². The van der Waals surface area contributed by atoms with Crippen molar-refractivity contribution in [2.45, 2.75) is 66.7 Å². The second-order valence-corrected chi connectivity index (χ2v) is 9.35. The van der Waals surface area contributed by atoms with Gasteiger partial charge >= 0.3 is 5.97 Å². The molecule has 1 unspecified atom stereocenters. The van der Waals surface area contributed by atoms with Gasteiger partial charge in [0.25, 0.3) is 0 Å². The first kappa shape index (κ1) is 30.5. The molecular weight excluding hydrogens is 447 g/mol. The van der Waals surface area contributed by atoms with Crippen molar-refractivity contribution in [1.82, 2.24) is 5.32 Å². The molecule has 1 atom stereocenters. The van der Waals surface area contributed by atoms with E-state index in [2.05, 4.69) is 30.5 Å². The monoisotopic (exact) mass is 490 g/mol. The van der Waals surface area contributed by atoms with Crippen molar-refractivity contribution >= 4 is 11.8 Å². The molecule has 1 aliphatic heterocycles. The number of halogens is 1. The highest BCUT2D eigenvalue weighted by molar-refractivity contribution is 5.99. The predicted octanol–water partition coefficient (Wildman–Crippen LogP) is 5.43. The highest BCUT2D eigenvalue weighted by atomic mass is 19.1. The number of hydrogen-bond acceptors (Lipinski definition) is 6. The van der Waals surface area contributed by atoms with Crippen LogP contribution in [-0.4, -0.2) is 38.6 Å². The molecule has 1 aliphatic carbocycles. The second-order valence-electron chi connectivity index (χ2n) is 9.35. The van der Waals surface area contributed by atoms with E-state index in [1.54, 1.807) is 20.1 Å². The molecule has 2 aliphatic rings. The summed E-state index contributed by atoms with van der Waals surface area (Å²) in [6.07, 6.45) is 7.37. The third-order valence-electron chi connectivity index (χ3n) is 5.91. The second kappa shape index (κ2) is 14.8. The fraction of sp³-hybridized carbons (Fsp3) is 0.571. The largest absolute Gasteiger partial charge is 0.463 e. The van der Waals surface area contributed by atoms with Crippen molar-refractivity contribution in [3.63, 3.8) is 0 Å². The third kappa shape index (κ3) is 8.58. The Hall–Kier alpha value is -2.51. The summed E-state index contributed by atoms with van der Waals surface area (Å²) < 4.78 is 24.9. The lowest BCUT2D eigenvalue weighted by atomic mass is 9.73. The fourth-order valence-corrected chi connectivity index (χ4v) is 4.34. The van der Waals surface area contributed by atoms with Crippen molar-refractivity contribution in [2.24, 2.45) is 17.1 Å². The minimum absolute atomic E-state index is 0.0529. The van der Waals surface area contributed by atoms with E-state index in [9.17, 15) is 14.0 Å². The zero-order valence-corrected chi connectivity index (χ0v) is 22.3. The van der Waals surface area contributed by atoms with Crippen LogP contribution in [0.3, 0.4) is 0 Å². The van der Waals surface area contributed by atoms with Gasteiger partial charge in [-0.2, -0.15) is 0 Å². The molecule has 0 aromatic carbocycles. The highest BCUT2D eigenvalue weighted by Gasteiger charge is 2.39. The maximum absolute atomic E-state index is 14.9. The number of carbonyl (C=O) groups is 2. The summed E-state index contributed by atoms with van der Waals surface area (Å²) in [5, 5.41) is 3.38. The van der Waals surface area contributed by atoms with Gasteiger partial charge < -0.3 is 20.5 Å². The number of esters is 1. The Bertz CT molecular complexity index is 895. The minimum Gasteiger partial charge on any atom is -0.463 e. The summed E-state index contributed by atoms with van der Waals surface area (Å²) in [6, 6.07) is 0. The Morgan fingerprint density at radius 1 is 1.29 bits per heavy atom. The lowest BCUT2D eigenvalue weighted by Crippen LogP contribution is -2.30. The van der Waals surface area contributed by atoms with Crippen LogP contribution in [0.5, 0.6) is 0 Å². The van der Waals surface area contributed by atoms with Crippen molar-refractivity contribution in [3.8, 4) is 0 Å². The molecule has 7 heteroatoms. The normalized spacial score (nSPS) is 20.3. The maximum atomic E-state index is 14.9. The summed E-state index contributed by atoms with van der Waals surface area (Å²) in [4.78, 5) is 26.1. The zero-order valence-electron chi connectivity index (χ0n) is 22.3. The van der Waals surface area contributed by atoms with E-state index in [0.717, 1.165) is 18.2 Å². The van der Waals surface area contributed by atoms with E-state index < -0.39 is 17.7 Å². The number of allylic oxidation sites excluding steroid dienone is 8. The van der Waals surface area contributed by atoms with Gasteiger partial charge in [-0.3, -0.25) is 4.79 Å². The molecule has 1 heterocycles. The van der Waals surface area contributed by atoms with Gasteiger partial charge in [-0.05, 0) is 49.7 Å². The van der Waals surface area contributed by atoms with Crippen LogP contribution < -0.4 is 11.1 Å². The molecule has 0 saturated heterocycles. The molecule has 196 valence electrons. The Labute approximate surface area is 210 Å². The molecule has 6 nitrogen and oxygen atoms in total. The lowest BCUT2D eigenvalue weighted by molar-refractivity contribution is -0.139. The van der Waals surface area contributed by atoms with Crippen LogP contribution in [0.15, 0.2) is 58.7 Å². The zero-order chi connectivity index (χ0) is 26.6. The predicted molar refractivity (Wildman–Crippen MR) is 139 cm³/mol. The number of Topliss-reactive ketones (excluding diaryl/α,β-unsaturated/α-hetero) is 1. The van der Waals surface area contributed by atoms with E-state index in [1.807, 2.05) is 19.9 Å². The number of hydrogen-bond donors (Lipinski definition) is 2. The Morgan fingerprint density at radius 2 is 1.97 bits per heavy atom. The lowest BCUT2D eigenvalue weighted by Gasteiger charge is -2.32. The first-order valence-corrected chi connectivity index (χ1v) is 12.4. The van der Waals surface area contributed by atoms with E-state index in [-0.39, 0.29) is 24.2 Å². The topological polar surface area (TPSA) is 90.7 Å². The van der Waals surface area contributed by atoms with Gasteiger partial charge in [0.15, 0.2) is 5.78 Å². The fourth-order valence-electron chi connectivity index (χ4n) is 4.34. The summed E-state index contributed by atoms with van der Waals surface area (Å²) in [7, 11) is 1.63. The van der Waals surface area contributed by atoms with Gasteiger partial charge in [-0.15, -0.1) is 0 Å². The number of ketones is 1. The molecule has 0 aromatic heterocycles. The van der Waals surface area contributed by atoms with Crippen molar-refractivity contribution < 1.29 is 23.5 Å². The quantitative estimate of drug-likeness (QED) is 0.331. The minimum atomic E-state index is -0.620. The van der Waals surface area contributed by atoms with Crippen LogP contribution in [0.1, 0.15) is 66.7 Å². The molecule has 3 N–H and O–H groups in total. The van der Waals surface area contributed by atoms with Gasteiger partial charge in [0.2, 0.25) is 0 Å². The summed E-state index contributed by atoms with van der Waals surface area (Å²) in [6.45, 7) is 14.9. The Balaban J connectivity index is 0.00000111. The number of nitrogens with two attached hydrogens (primary N) is 1. The molecule has 35 heavy (non-hydrogen) atoms. The molecule has 0 saturated carbocycles. The van der Waals surface area contributed by atoms with Gasteiger partial charge in [0.1, 0.15) is 5.83 Å². The highest BCUT2D eigenvalue weighted by Crippen LogP contribution is 2.43. The van der Waals surface area contributed by atoms with Gasteiger partial charge in [-0.25, -0.2) is 9.18 Å². The smallest absolute Gasteiger partial charge is 0.336 e. The number of nitrogens with one attached hydrogen (secondary N) is 1. The molecule has 0 radical (unpaired) electrons. The Morgan fingerprint density at radius 3 is 2.46 bits per heavy atom. The number of rotatable bonds is 9. The van der Waals surface area contributed by atoms with Crippen molar-refractivity contribution in [1.29, 1.82) is 0 Å².